The third-order valence-electron chi connectivity index (χ3n) is 6.79. The summed E-state index contributed by atoms with van der Waals surface area (Å²) >= 11 is 0. The van der Waals surface area contributed by atoms with E-state index < -0.39 is 0 Å². The normalized spacial score (nSPS) is 19.5. The van der Waals surface area contributed by atoms with E-state index in [-0.39, 0.29) is 5.97 Å². The summed E-state index contributed by atoms with van der Waals surface area (Å²) in [6.07, 6.45) is 5.58. The van der Waals surface area contributed by atoms with E-state index in [1.54, 1.807) is 0 Å². The topological polar surface area (TPSA) is 38.8 Å². The van der Waals surface area contributed by atoms with Crippen LogP contribution in [0.4, 0.5) is 0 Å². The first-order chi connectivity index (χ1) is 14.8. The van der Waals surface area contributed by atoms with Gasteiger partial charge >= 0.3 is 5.97 Å². The van der Waals surface area contributed by atoms with Gasteiger partial charge in [-0.05, 0) is 78.1 Å². The molecule has 0 heterocycles. The van der Waals surface area contributed by atoms with Crippen molar-refractivity contribution in [1.82, 2.24) is 4.90 Å². The minimum absolute atomic E-state index is 0.156. The van der Waals surface area contributed by atoms with Gasteiger partial charge in [-0.2, -0.15) is 0 Å². The standard InChI is InChI=1S/C27H39NO3/c1-6-28(16-15-26(29)30-5)19-20-7-8-22-18-25(12-9-21(22)17-20)31-24-13-10-23(11-14-24)27(2,3)4/h7-9,12,17-18,23-24H,6,10-11,13-16,19H2,1-5H3. The molecule has 0 spiro atoms. The van der Waals surface area contributed by atoms with E-state index in [4.69, 9.17) is 9.47 Å². The number of methoxy groups -OCH3 is 1. The van der Waals surface area contributed by atoms with Crippen molar-refractivity contribution in [2.45, 2.75) is 72.4 Å². The van der Waals surface area contributed by atoms with Crippen LogP contribution in [0.25, 0.3) is 10.8 Å². The summed E-state index contributed by atoms with van der Waals surface area (Å²) < 4.78 is 11.1. The quantitative estimate of drug-likeness (QED) is 0.471. The third kappa shape index (κ3) is 6.70. The van der Waals surface area contributed by atoms with E-state index in [2.05, 4.69) is 69.0 Å². The number of carbonyl (C=O) groups excluding carboxylic acids is 1. The maximum atomic E-state index is 11.4. The Labute approximate surface area is 187 Å². The van der Waals surface area contributed by atoms with Gasteiger partial charge in [0.1, 0.15) is 5.75 Å². The van der Waals surface area contributed by atoms with Crippen LogP contribution in [0, 0.1) is 11.3 Å². The lowest BCUT2D eigenvalue weighted by Gasteiger charge is -2.37. The summed E-state index contributed by atoms with van der Waals surface area (Å²) in [6, 6.07) is 13.1. The minimum Gasteiger partial charge on any atom is -0.490 e. The second kappa shape index (κ2) is 10.5. The average molecular weight is 426 g/mol. The molecule has 0 N–H and O–H groups in total. The predicted molar refractivity (Wildman–Crippen MR) is 127 cm³/mol. The molecule has 31 heavy (non-hydrogen) atoms. The van der Waals surface area contributed by atoms with Gasteiger partial charge in [-0.25, -0.2) is 0 Å². The molecular formula is C27H39NO3. The molecule has 1 aliphatic rings. The van der Waals surface area contributed by atoms with Crippen LogP contribution in [0.1, 0.15) is 65.4 Å². The summed E-state index contributed by atoms with van der Waals surface area (Å²) in [4.78, 5) is 13.7. The molecule has 0 unspecified atom stereocenters. The zero-order valence-corrected chi connectivity index (χ0v) is 19.9. The predicted octanol–water partition coefficient (Wildman–Crippen LogP) is 6.21. The highest BCUT2D eigenvalue weighted by Gasteiger charge is 2.30. The molecule has 1 aliphatic carbocycles. The Morgan fingerprint density at radius 2 is 1.71 bits per heavy atom. The number of hydrogen-bond acceptors (Lipinski definition) is 4. The molecule has 0 aliphatic heterocycles. The smallest absolute Gasteiger partial charge is 0.306 e. The highest BCUT2D eigenvalue weighted by atomic mass is 16.5. The van der Waals surface area contributed by atoms with Crippen molar-refractivity contribution in [3.63, 3.8) is 0 Å². The summed E-state index contributed by atoms with van der Waals surface area (Å²) in [7, 11) is 1.44. The van der Waals surface area contributed by atoms with Crippen LogP contribution in [0.2, 0.25) is 0 Å². The maximum absolute atomic E-state index is 11.4. The van der Waals surface area contributed by atoms with Crippen LogP contribution >= 0.6 is 0 Å². The summed E-state index contributed by atoms with van der Waals surface area (Å²) in [5.74, 6) is 1.63. The van der Waals surface area contributed by atoms with Crippen molar-refractivity contribution < 1.29 is 14.3 Å². The van der Waals surface area contributed by atoms with E-state index in [0.717, 1.165) is 37.6 Å². The molecule has 4 nitrogen and oxygen atoms in total. The SMILES string of the molecule is CCN(CCC(=O)OC)Cc1ccc2cc(OC3CCC(C(C)(C)C)CC3)ccc2c1. The molecular weight excluding hydrogens is 386 g/mol. The number of nitrogens with zero attached hydrogens (tertiary/aromatic N) is 1. The molecule has 0 aromatic heterocycles. The zero-order valence-electron chi connectivity index (χ0n) is 19.9. The average Bonchev–Trinajstić information content (AvgIpc) is 2.76. The first kappa shape index (κ1) is 23.6. The Bertz CT molecular complexity index is 862. The molecule has 2 aromatic carbocycles. The van der Waals surface area contributed by atoms with Gasteiger partial charge in [-0.1, -0.05) is 45.9 Å². The fourth-order valence-electron chi connectivity index (χ4n) is 4.64. The van der Waals surface area contributed by atoms with Crippen molar-refractivity contribution >= 4 is 16.7 Å². The molecule has 0 amide bonds. The van der Waals surface area contributed by atoms with Gasteiger partial charge in [-0.3, -0.25) is 9.69 Å². The Hall–Kier alpha value is -2.07. The number of benzene rings is 2. The van der Waals surface area contributed by atoms with E-state index in [0.29, 0.717) is 24.5 Å². The fourth-order valence-corrected chi connectivity index (χ4v) is 4.64. The Morgan fingerprint density at radius 1 is 1.03 bits per heavy atom. The van der Waals surface area contributed by atoms with Gasteiger partial charge in [0.25, 0.3) is 0 Å². The van der Waals surface area contributed by atoms with Gasteiger partial charge in [0.05, 0.1) is 19.6 Å². The maximum Gasteiger partial charge on any atom is 0.306 e. The highest BCUT2D eigenvalue weighted by molar-refractivity contribution is 5.84. The molecule has 1 saturated carbocycles. The zero-order chi connectivity index (χ0) is 22.4. The van der Waals surface area contributed by atoms with Crippen LogP contribution in [0.15, 0.2) is 36.4 Å². The van der Waals surface area contributed by atoms with Gasteiger partial charge in [0, 0.05) is 13.1 Å². The van der Waals surface area contributed by atoms with E-state index in [1.807, 2.05) is 0 Å². The third-order valence-corrected chi connectivity index (χ3v) is 6.79. The van der Waals surface area contributed by atoms with Crippen molar-refractivity contribution in [2.75, 3.05) is 20.2 Å². The van der Waals surface area contributed by atoms with Crippen molar-refractivity contribution in [3.05, 3.63) is 42.0 Å². The molecule has 0 radical (unpaired) electrons. The molecule has 0 atom stereocenters. The number of carbonyl (C=O) groups is 1. The van der Waals surface area contributed by atoms with Crippen LogP contribution < -0.4 is 4.74 Å². The van der Waals surface area contributed by atoms with Crippen LogP contribution in [-0.4, -0.2) is 37.2 Å². The Balaban J connectivity index is 1.59. The lowest BCUT2D eigenvalue weighted by atomic mass is 9.72. The number of hydrogen-bond donors (Lipinski definition) is 0. The Morgan fingerprint density at radius 3 is 2.35 bits per heavy atom. The van der Waals surface area contributed by atoms with Crippen LogP contribution in [-0.2, 0) is 16.1 Å². The molecule has 0 bridgehead atoms. The van der Waals surface area contributed by atoms with Crippen LogP contribution in [0.5, 0.6) is 5.75 Å². The second-order valence-electron chi connectivity index (χ2n) is 10.00. The number of esters is 1. The molecule has 170 valence electrons. The van der Waals surface area contributed by atoms with E-state index in [9.17, 15) is 4.79 Å². The number of fused-ring (bicyclic) bond motifs is 1. The first-order valence-electron chi connectivity index (χ1n) is 11.8. The molecule has 2 aromatic rings. The van der Waals surface area contributed by atoms with Gasteiger partial charge < -0.3 is 9.47 Å². The van der Waals surface area contributed by atoms with Crippen LogP contribution in [0.3, 0.4) is 0 Å². The van der Waals surface area contributed by atoms with Gasteiger partial charge in [-0.15, -0.1) is 0 Å². The van der Waals surface area contributed by atoms with Crippen molar-refractivity contribution in [3.8, 4) is 5.75 Å². The molecule has 4 heteroatoms. The van der Waals surface area contributed by atoms with E-state index in [1.165, 1.54) is 36.3 Å². The summed E-state index contributed by atoms with van der Waals surface area (Å²) in [6.45, 7) is 11.6. The fraction of sp³-hybridized carbons (Fsp3) is 0.593. The molecule has 1 fully saturated rings. The van der Waals surface area contributed by atoms with Gasteiger partial charge in [0.15, 0.2) is 0 Å². The molecule has 0 saturated heterocycles. The first-order valence-corrected chi connectivity index (χ1v) is 11.8. The number of ether oxygens (including phenoxy) is 2. The lowest BCUT2D eigenvalue weighted by Crippen LogP contribution is -2.30. The molecule has 3 rings (SSSR count). The summed E-state index contributed by atoms with van der Waals surface area (Å²) in [5.41, 5.74) is 1.66. The summed E-state index contributed by atoms with van der Waals surface area (Å²) in [5, 5.41) is 2.44. The second-order valence-corrected chi connectivity index (χ2v) is 10.00. The Kier molecular flexibility index (Phi) is 7.99. The lowest BCUT2D eigenvalue weighted by molar-refractivity contribution is -0.141. The minimum atomic E-state index is -0.156. The van der Waals surface area contributed by atoms with Crippen molar-refractivity contribution in [2.24, 2.45) is 11.3 Å². The van der Waals surface area contributed by atoms with Crippen molar-refractivity contribution in [1.29, 1.82) is 0 Å². The number of rotatable bonds is 8. The monoisotopic (exact) mass is 425 g/mol. The highest BCUT2D eigenvalue weighted by Crippen LogP contribution is 2.39. The largest absolute Gasteiger partial charge is 0.490 e. The van der Waals surface area contributed by atoms with E-state index >= 15 is 0 Å². The van der Waals surface area contributed by atoms with Gasteiger partial charge in [0.2, 0.25) is 0 Å².